The van der Waals surface area contributed by atoms with Crippen molar-refractivity contribution in [1.29, 1.82) is 0 Å². The molecule has 2 amide bonds. The molecule has 0 radical (unpaired) electrons. The second kappa shape index (κ2) is 7.42. The van der Waals surface area contributed by atoms with E-state index in [2.05, 4.69) is 5.32 Å². The van der Waals surface area contributed by atoms with Gasteiger partial charge >= 0.3 is 0 Å². The van der Waals surface area contributed by atoms with Crippen molar-refractivity contribution in [2.24, 2.45) is 5.73 Å². The Kier molecular flexibility index (Phi) is 5.33. The van der Waals surface area contributed by atoms with E-state index in [0.29, 0.717) is 11.4 Å². The molecule has 0 spiro atoms. The summed E-state index contributed by atoms with van der Waals surface area (Å²) < 4.78 is 5.09. The number of carbonyl (C=O) groups is 2. The molecule has 0 aromatic heterocycles. The number of non-ortho nitro benzene ring substituents is 1. The average Bonchev–Trinajstić information content (AvgIpc) is 2.53. The molecule has 0 aliphatic carbocycles. The second-order valence-corrected chi connectivity index (χ2v) is 5.06. The molecule has 0 atom stereocenters. The maximum absolute atomic E-state index is 12.2. The fourth-order valence-electron chi connectivity index (χ4n) is 1.79. The first kappa shape index (κ1) is 17.2. The Morgan fingerprint density at radius 1 is 1.21 bits per heavy atom. The maximum atomic E-state index is 12.2. The van der Waals surface area contributed by atoms with E-state index in [4.69, 9.17) is 22.1 Å². The highest BCUT2D eigenvalue weighted by atomic mass is 35.5. The molecular weight excluding hydrogens is 338 g/mol. The lowest BCUT2D eigenvalue weighted by Crippen LogP contribution is -2.20. The number of hydrogen-bond donors (Lipinski definition) is 2. The highest BCUT2D eigenvalue weighted by molar-refractivity contribution is 6.34. The van der Waals surface area contributed by atoms with Crippen molar-refractivity contribution in [2.75, 3.05) is 11.9 Å². The van der Waals surface area contributed by atoms with Gasteiger partial charge in [-0.1, -0.05) is 11.6 Å². The van der Waals surface area contributed by atoms with Crippen LogP contribution in [0.2, 0.25) is 5.02 Å². The van der Waals surface area contributed by atoms with Gasteiger partial charge in [0, 0.05) is 17.8 Å². The van der Waals surface area contributed by atoms with E-state index in [0.717, 1.165) is 6.07 Å². The molecule has 0 fully saturated rings. The van der Waals surface area contributed by atoms with Crippen molar-refractivity contribution < 1.29 is 19.2 Å². The monoisotopic (exact) mass is 349 g/mol. The number of hydrogen-bond acceptors (Lipinski definition) is 5. The summed E-state index contributed by atoms with van der Waals surface area (Å²) in [7, 11) is 0. The summed E-state index contributed by atoms with van der Waals surface area (Å²) in [6, 6.07) is 9.81. The molecule has 9 heteroatoms. The number of benzene rings is 2. The molecule has 2 rings (SSSR count). The number of nitro benzene ring substituents is 1. The van der Waals surface area contributed by atoms with E-state index in [9.17, 15) is 19.7 Å². The number of halogens is 1. The summed E-state index contributed by atoms with van der Waals surface area (Å²) >= 11 is 5.90. The van der Waals surface area contributed by atoms with E-state index in [-0.39, 0.29) is 22.9 Å². The number of carbonyl (C=O) groups excluding carboxylic acids is 2. The first-order chi connectivity index (χ1) is 11.4. The van der Waals surface area contributed by atoms with Crippen molar-refractivity contribution in [3.05, 3.63) is 63.2 Å². The zero-order chi connectivity index (χ0) is 17.7. The lowest BCUT2D eigenvalue weighted by atomic mass is 10.2. The molecule has 0 aliphatic rings. The molecule has 0 unspecified atom stereocenters. The lowest BCUT2D eigenvalue weighted by molar-refractivity contribution is -0.384. The highest BCUT2D eigenvalue weighted by Crippen LogP contribution is 2.24. The summed E-state index contributed by atoms with van der Waals surface area (Å²) in [6.45, 7) is -0.246. The quantitative estimate of drug-likeness (QED) is 0.611. The van der Waals surface area contributed by atoms with Gasteiger partial charge in [-0.15, -0.1) is 0 Å². The molecule has 2 aromatic carbocycles. The van der Waals surface area contributed by atoms with Gasteiger partial charge in [-0.2, -0.15) is 0 Å². The number of rotatable bonds is 6. The fraction of sp³-hybridized carbons (Fsp3) is 0.0667. The van der Waals surface area contributed by atoms with Crippen LogP contribution >= 0.6 is 11.6 Å². The normalized spacial score (nSPS) is 10.0. The van der Waals surface area contributed by atoms with E-state index < -0.39 is 16.7 Å². The molecular formula is C15H12ClN3O5. The Hall–Kier alpha value is -3.13. The van der Waals surface area contributed by atoms with Crippen LogP contribution in [0.25, 0.3) is 0 Å². The molecule has 0 aliphatic heterocycles. The maximum Gasteiger partial charge on any atom is 0.270 e. The number of nitro groups is 1. The molecule has 0 saturated heterocycles. The van der Waals surface area contributed by atoms with Crippen LogP contribution < -0.4 is 15.8 Å². The molecule has 0 heterocycles. The molecule has 0 saturated carbocycles. The van der Waals surface area contributed by atoms with Gasteiger partial charge in [-0.3, -0.25) is 19.7 Å². The Bertz CT molecular complexity index is 792. The standard InChI is InChI=1S/C15H12ClN3O5/c16-13-7-10(19(22)23)3-6-12(13)15(21)18-9-1-4-11(5-2-9)24-8-14(17)20/h1-7H,8H2,(H2,17,20)(H,18,21). The first-order valence-corrected chi connectivity index (χ1v) is 7.01. The molecule has 124 valence electrons. The van der Waals surface area contributed by atoms with Crippen LogP contribution in [0.3, 0.4) is 0 Å². The number of anilines is 1. The Balaban J connectivity index is 2.06. The van der Waals surface area contributed by atoms with Crippen LogP contribution in [0, 0.1) is 10.1 Å². The van der Waals surface area contributed by atoms with E-state index in [1.807, 2.05) is 0 Å². The molecule has 3 N–H and O–H groups in total. The molecule has 0 bridgehead atoms. The second-order valence-electron chi connectivity index (χ2n) is 4.65. The van der Waals surface area contributed by atoms with Crippen LogP contribution in [-0.4, -0.2) is 23.3 Å². The van der Waals surface area contributed by atoms with E-state index in [1.54, 1.807) is 24.3 Å². The van der Waals surface area contributed by atoms with E-state index >= 15 is 0 Å². The number of nitrogens with one attached hydrogen (secondary N) is 1. The van der Waals surface area contributed by atoms with Gasteiger partial charge in [-0.25, -0.2) is 0 Å². The molecule has 8 nitrogen and oxygen atoms in total. The van der Waals surface area contributed by atoms with Crippen LogP contribution in [-0.2, 0) is 4.79 Å². The number of primary amides is 1. The van der Waals surface area contributed by atoms with Crippen molar-refractivity contribution in [2.45, 2.75) is 0 Å². The van der Waals surface area contributed by atoms with Crippen LogP contribution in [0.15, 0.2) is 42.5 Å². The third-order valence-electron chi connectivity index (χ3n) is 2.90. The molecule has 24 heavy (non-hydrogen) atoms. The highest BCUT2D eigenvalue weighted by Gasteiger charge is 2.15. The SMILES string of the molecule is NC(=O)COc1ccc(NC(=O)c2ccc([N+](=O)[O-])cc2Cl)cc1. The summed E-state index contributed by atoms with van der Waals surface area (Å²) in [5.41, 5.74) is 5.33. The van der Waals surface area contributed by atoms with Crippen molar-refractivity contribution >= 4 is 34.8 Å². The first-order valence-electron chi connectivity index (χ1n) is 6.63. The van der Waals surface area contributed by atoms with Crippen LogP contribution in [0.4, 0.5) is 11.4 Å². The Labute approximate surface area is 141 Å². The van der Waals surface area contributed by atoms with E-state index in [1.165, 1.54) is 12.1 Å². The summed E-state index contributed by atoms with van der Waals surface area (Å²) in [5, 5.41) is 13.2. The van der Waals surface area contributed by atoms with Crippen LogP contribution in [0.5, 0.6) is 5.75 Å². The minimum Gasteiger partial charge on any atom is -0.484 e. The average molecular weight is 350 g/mol. The third kappa shape index (κ3) is 4.43. The van der Waals surface area contributed by atoms with Gasteiger partial charge in [0.2, 0.25) is 0 Å². The van der Waals surface area contributed by atoms with Gasteiger partial charge in [0.1, 0.15) is 5.75 Å². The van der Waals surface area contributed by atoms with Crippen molar-refractivity contribution in [3.63, 3.8) is 0 Å². The smallest absolute Gasteiger partial charge is 0.270 e. The van der Waals surface area contributed by atoms with Gasteiger partial charge in [0.05, 0.1) is 15.5 Å². The largest absolute Gasteiger partial charge is 0.484 e. The third-order valence-corrected chi connectivity index (χ3v) is 3.21. The summed E-state index contributed by atoms with van der Waals surface area (Å²) in [5.74, 6) is -0.693. The summed E-state index contributed by atoms with van der Waals surface area (Å²) in [6.07, 6.45) is 0. The predicted molar refractivity (Wildman–Crippen MR) is 87.2 cm³/mol. The van der Waals surface area contributed by atoms with Gasteiger partial charge < -0.3 is 15.8 Å². The van der Waals surface area contributed by atoms with Gasteiger partial charge in [-0.05, 0) is 30.3 Å². The number of amides is 2. The predicted octanol–water partition coefficient (Wildman–Crippen LogP) is 2.36. The number of ether oxygens (including phenoxy) is 1. The number of nitrogens with two attached hydrogens (primary N) is 1. The number of nitrogens with zero attached hydrogens (tertiary/aromatic N) is 1. The minimum atomic E-state index is -0.599. The molecule has 2 aromatic rings. The van der Waals surface area contributed by atoms with Crippen LogP contribution in [0.1, 0.15) is 10.4 Å². The Morgan fingerprint density at radius 3 is 2.42 bits per heavy atom. The fourth-order valence-corrected chi connectivity index (χ4v) is 2.05. The zero-order valence-electron chi connectivity index (χ0n) is 12.2. The summed E-state index contributed by atoms with van der Waals surface area (Å²) in [4.78, 5) is 32.8. The minimum absolute atomic E-state index is 0.0249. The van der Waals surface area contributed by atoms with Crippen molar-refractivity contribution in [3.8, 4) is 5.75 Å². The zero-order valence-corrected chi connectivity index (χ0v) is 12.9. The van der Waals surface area contributed by atoms with Gasteiger partial charge in [0.25, 0.3) is 17.5 Å². The van der Waals surface area contributed by atoms with Gasteiger partial charge in [0.15, 0.2) is 6.61 Å². The lowest BCUT2D eigenvalue weighted by Gasteiger charge is -2.08. The Morgan fingerprint density at radius 2 is 1.88 bits per heavy atom. The van der Waals surface area contributed by atoms with Crippen molar-refractivity contribution in [1.82, 2.24) is 0 Å². The topological polar surface area (TPSA) is 125 Å².